The number of aliphatic hydroxyl groups is 1. The van der Waals surface area contributed by atoms with Crippen LogP contribution in [0.25, 0.3) is 0 Å². The summed E-state index contributed by atoms with van der Waals surface area (Å²) >= 11 is 0. The molecule has 1 unspecified atom stereocenters. The first kappa shape index (κ1) is 15.9. The van der Waals surface area contributed by atoms with Gasteiger partial charge in [-0.3, -0.25) is 14.5 Å². The van der Waals surface area contributed by atoms with Gasteiger partial charge in [-0.05, 0) is 19.4 Å². The average Bonchev–Trinajstić information content (AvgIpc) is 2.59. The van der Waals surface area contributed by atoms with Crippen LogP contribution in [0.2, 0.25) is 0 Å². The van der Waals surface area contributed by atoms with Crippen LogP contribution in [0.3, 0.4) is 0 Å². The zero-order valence-corrected chi connectivity index (χ0v) is 11.7. The minimum Gasteiger partial charge on any atom is -0.395 e. The Balaban J connectivity index is 2.26. The van der Waals surface area contributed by atoms with Crippen LogP contribution in [0.4, 0.5) is 0 Å². The van der Waals surface area contributed by atoms with Gasteiger partial charge in [0, 0.05) is 26.1 Å². The van der Waals surface area contributed by atoms with Crippen molar-refractivity contribution in [2.45, 2.75) is 38.6 Å². The predicted molar refractivity (Wildman–Crippen MR) is 72.6 cm³/mol. The Morgan fingerprint density at radius 3 is 2.63 bits per heavy atom. The van der Waals surface area contributed by atoms with E-state index in [2.05, 4.69) is 15.5 Å². The minimum atomic E-state index is -0.0953. The maximum Gasteiger partial charge on any atom is 0.234 e. The van der Waals surface area contributed by atoms with Gasteiger partial charge in [0.2, 0.25) is 11.8 Å². The molecule has 1 aliphatic heterocycles. The van der Waals surface area contributed by atoms with E-state index in [4.69, 9.17) is 0 Å². The van der Waals surface area contributed by atoms with Gasteiger partial charge in [0.1, 0.15) is 0 Å². The molecular formula is C13H25N3O3. The fourth-order valence-electron chi connectivity index (χ4n) is 2.33. The predicted octanol–water partition coefficient (Wildman–Crippen LogP) is -0.524. The van der Waals surface area contributed by atoms with Gasteiger partial charge >= 0.3 is 0 Å². The van der Waals surface area contributed by atoms with Crippen molar-refractivity contribution in [3.05, 3.63) is 0 Å². The molecule has 6 heteroatoms. The molecule has 2 amide bonds. The first-order valence-electron chi connectivity index (χ1n) is 6.99. The van der Waals surface area contributed by atoms with Gasteiger partial charge < -0.3 is 15.7 Å². The molecule has 0 bridgehead atoms. The molecule has 0 spiro atoms. The number of rotatable bonds is 6. The van der Waals surface area contributed by atoms with Crippen LogP contribution < -0.4 is 10.6 Å². The quantitative estimate of drug-likeness (QED) is 0.568. The van der Waals surface area contributed by atoms with Crippen molar-refractivity contribution in [1.29, 1.82) is 0 Å². The van der Waals surface area contributed by atoms with Gasteiger partial charge in [0.05, 0.1) is 13.2 Å². The van der Waals surface area contributed by atoms with E-state index in [1.165, 1.54) is 6.92 Å². The van der Waals surface area contributed by atoms with Crippen LogP contribution in [0.1, 0.15) is 32.6 Å². The number of hydrogen-bond donors (Lipinski definition) is 3. The molecule has 0 aromatic heterocycles. The smallest absolute Gasteiger partial charge is 0.234 e. The molecule has 0 aromatic rings. The summed E-state index contributed by atoms with van der Waals surface area (Å²) in [6.07, 6.45) is 4.31. The first-order chi connectivity index (χ1) is 9.13. The van der Waals surface area contributed by atoms with E-state index in [1.807, 2.05) is 0 Å². The number of likely N-dealkylation sites (tertiary alicyclic amines) is 1. The van der Waals surface area contributed by atoms with Crippen molar-refractivity contribution in [2.75, 3.05) is 32.8 Å². The van der Waals surface area contributed by atoms with E-state index in [1.54, 1.807) is 0 Å². The normalized spacial score (nSPS) is 20.6. The molecule has 0 aromatic carbocycles. The van der Waals surface area contributed by atoms with Crippen molar-refractivity contribution in [2.24, 2.45) is 0 Å². The summed E-state index contributed by atoms with van der Waals surface area (Å²) in [7, 11) is 0. The summed E-state index contributed by atoms with van der Waals surface area (Å²) in [4.78, 5) is 24.5. The monoisotopic (exact) mass is 271 g/mol. The Hall–Kier alpha value is -1.14. The largest absolute Gasteiger partial charge is 0.395 e. The van der Waals surface area contributed by atoms with Crippen molar-refractivity contribution in [3.63, 3.8) is 0 Å². The van der Waals surface area contributed by atoms with Crippen molar-refractivity contribution in [1.82, 2.24) is 15.5 Å². The topological polar surface area (TPSA) is 81.7 Å². The molecule has 0 aliphatic carbocycles. The molecule has 0 radical (unpaired) electrons. The second-order valence-corrected chi connectivity index (χ2v) is 4.99. The van der Waals surface area contributed by atoms with Gasteiger partial charge in [-0.1, -0.05) is 12.8 Å². The highest BCUT2D eigenvalue weighted by molar-refractivity contribution is 5.78. The zero-order chi connectivity index (χ0) is 14.1. The maximum absolute atomic E-state index is 11.8. The maximum atomic E-state index is 11.8. The molecule has 1 atom stereocenters. The lowest BCUT2D eigenvalue weighted by molar-refractivity contribution is -0.123. The number of nitrogens with one attached hydrogen (secondary N) is 2. The van der Waals surface area contributed by atoms with E-state index in [9.17, 15) is 14.7 Å². The fourth-order valence-corrected chi connectivity index (χ4v) is 2.33. The standard InChI is InChI=1S/C13H25N3O3/c1-11(18)14-6-7-15-13(19)9-16-8-4-2-3-5-12(16)10-17/h12,17H,2-10H2,1H3,(H,14,18)(H,15,19). The third kappa shape index (κ3) is 6.54. The number of amides is 2. The highest BCUT2D eigenvalue weighted by Crippen LogP contribution is 2.15. The Kier molecular flexibility index (Phi) is 7.43. The summed E-state index contributed by atoms with van der Waals surface area (Å²) in [5, 5.41) is 14.8. The molecule has 3 N–H and O–H groups in total. The summed E-state index contributed by atoms with van der Waals surface area (Å²) in [6, 6.07) is 0.101. The Bertz CT molecular complexity index is 297. The molecule has 1 saturated heterocycles. The number of aliphatic hydroxyl groups excluding tert-OH is 1. The Morgan fingerprint density at radius 1 is 1.21 bits per heavy atom. The molecule has 0 saturated carbocycles. The van der Waals surface area contributed by atoms with Gasteiger partial charge in [-0.15, -0.1) is 0 Å². The highest BCUT2D eigenvalue weighted by atomic mass is 16.3. The number of hydrogen-bond acceptors (Lipinski definition) is 4. The van der Waals surface area contributed by atoms with Crippen LogP contribution >= 0.6 is 0 Å². The third-order valence-corrected chi connectivity index (χ3v) is 3.38. The molecule has 1 heterocycles. The van der Waals surface area contributed by atoms with Crippen LogP contribution in [0.15, 0.2) is 0 Å². The lowest BCUT2D eigenvalue weighted by Gasteiger charge is -2.27. The Morgan fingerprint density at radius 2 is 1.95 bits per heavy atom. The fraction of sp³-hybridized carbons (Fsp3) is 0.846. The van der Waals surface area contributed by atoms with E-state index in [0.29, 0.717) is 19.6 Å². The lowest BCUT2D eigenvalue weighted by Crippen LogP contribution is -2.45. The Labute approximate surface area is 114 Å². The van der Waals surface area contributed by atoms with Crippen molar-refractivity contribution < 1.29 is 14.7 Å². The van der Waals surface area contributed by atoms with Gasteiger partial charge in [0.15, 0.2) is 0 Å². The molecule has 6 nitrogen and oxygen atoms in total. The minimum absolute atomic E-state index is 0.0503. The zero-order valence-electron chi connectivity index (χ0n) is 11.7. The van der Waals surface area contributed by atoms with Gasteiger partial charge in [-0.25, -0.2) is 0 Å². The van der Waals surface area contributed by atoms with E-state index in [-0.39, 0.29) is 24.5 Å². The van der Waals surface area contributed by atoms with Crippen molar-refractivity contribution >= 4 is 11.8 Å². The molecule has 1 aliphatic rings. The molecule has 110 valence electrons. The van der Waals surface area contributed by atoms with Gasteiger partial charge in [-0.2, -0.15) is 0 Å². The number of carbonyl (C=O) groups excluding carboxylic acids is 2. The molecular weight excluding hydrogens is 246 g/mol. The van der Waals surface area contributed by atoms with Crippen molar-refractivity contribution in [3.8, 4) is 0 Å². The second kappa shape index (κ2) is 8.87. The summed E-state index contributed by atoms with van der Waals surface area (Å²) in [6.45, 7) is 3.64. The first-order valence-corrected chi connectivity index (χ1v) is 6.99. The molecule has 19 heavy (non-hydrogen) atoms. The van der Waals surface area contributed by atoms with Crippen LogP contribution in [-0.2, 0) is 9.59 Å². The van der Waals surface area contributed by atoms with E-state index in [0.717, 1.165) is 32.2 Å². The van der Waals surface area contributed by atoms with Gasteiger partial charge in [0.25, 0.3) is 0 Å². The second-order valence-electron chi connectivity index (χ2n) is 4.99. The average molecular weight is 271 g/mol. The summed E-state index contributed by atoms with van der Waals surface area (Å²) < 4.78 is 0. The highest BCUT2D eigenvalue weighted by Gasteiger charge is 2.21. The van der Waals surface area contributed by atoms with Crippen LogP contribution in [0.5, 0.6) is 0 Å². The molecule has 1 fully saturated rings. The molecule has 1 rings (SSSR count). The summed E-state index contributed by atoms with van der Waals surface area (Å²) in [5.74, 6) is -0.146. The third-order valence-electron chi connectivity index (χ3n) is 3.38. The van der Waals surface area contributed by atoms with E-state index < -0.39 is 0 Å². The summed E-state index contributed by atoms with van der Waals surface area (Å²) in [5.41, 5.74) is 0. The SMILES string of the molecule is CC(=O)NCCNC(=O)CN1CCCCCC1CO. The lowest BCUT2D eigenvalue weighted by atomic mass is 10.1. The van der Waals surface area contributed by atoms with E-state index >= 15 is 0 Å². The van der Waals surface area contributed by atoms with Crippen LogP contribution in [-0.4, -0.2) is 60.6 Å². The number of nitrogens with zero attached hydrogens (tertiary/aromatic N) is 1. The van der Waals surface area contributed by atoms with Crippen LogP contribution in [0, 0.1) is 0 Å². The number of carbonyl (C=O) groups is 2.